The summed E-state index contributed by atoms with van der Waals surface area (Å²) in [6, 6.07) is 0.568. The summed E-state index contributed by atoms with van der Waals surface area (Å²) in [5, 5.41) is 3.49. The topological polar surface area (TPSA) is 75.9 Å². The van der Waals surface area contributed by atoms with Crippen LogP contribution < -0.4 is 16.6 Å². The summed E-state index contributed by atoms with van der Waals surface area (Å²) < 4.78 is 0. The highest BCUT2D eigenvalue weighted by atomic mass is 15.3. The molecule has 0 radical (unpaired) electrons. The standard InChI is InChI=1S/C12H21N5/c1-4-8-5-9(8)16-11-10(7(2)3)12(17-13)15-6-14-11/h6-9H,4-5,13H2,1-3H3,(H2,14,15,16,17). The summed E-state index contributed by atoms with van der Waals surface area (Å²) in [5.74, 6) is 8.25. The Morgan fingerprint density at radius 1 is 1.41 bits per heavy atom. The number of nitrogen functional groups attached to an aromatic ring is 1. The lowest BCUT2D eigenvalue weighted by Crippen LogP contribution is -2.16. The third-order valence-corrected chi connectivity index (χ3v) is 3.37. The zero-order valence-electron chi connectivity index (χ0n) is 10.7. The molecule has 4 N–H and O–H groups in total. The zero-order chi connectivity index (χ0) is 12.4. The van der Waals surface area contributed by atoms with Crippen LogP contribution in [0.4, 0.5) is 11.6 Å². The van der Waals surface area contributed by atoms with Gasteiger partial charge in [-0.15, -0.1) is 0 Å². The van der Waals surface area contributed by atoms with Gasteiger partial charge in [-0.25, -0.2) is 15.8 Å². The average molecular weight is 235 g/mol. The molecule has 17 heavy (non-hydrogen) atoms. The van der Waals surface area contributed by atoms with Crippen molar-refractivity contribution >= 4 is 11.6 Å². The van der Waals surface area contributed by atoms with E-state index < -0.39 is 0 Å². The van der Waals surface area contributed by atoms with Gasteiger partial charge in [-0.3, -0.25) is 0 Å². The van der Waals surface area contributed by atoms with Crippen LogP contribution in [0, 0.1) is 5.92 Å². The molecule has 94 valence electrons. The smallest absolute Gasteiger partial charge is 0.148 e. The van der Waals surface area contributed by atoms with Crippen molar-refractivity contribution in [3.63, 3.8) is 0 Å². The maximum Gasteiger partial charge on any atom is 0.148 e. The van der Waals surface area contributed by atoms with E-state index in [1.165, 1.54) is 12.8 Å². The monoisotopic (exact) mass is 235 g/mol. The van der Waals surface area contributed by atoms with Crippen LogP contribution in [-0.4, -0.2) is 16.0 Å². The van der Waals surface area contributed by atoms with E-state index in [1.54, 1.807) is 6.33 Å². The molecule has 0 amide bonds. The Morgan fingerprint density at radius 3 is 2.65 bits per heavy atom. The number of hydrogen-bond acceptors (Lipinski definition) is 5. The second kappa shape index (κ2) is 4.87. The van der Waals surface area contributed by atoms with Gasteiger partial charge in [0.2, 0.25) is 0 Å². The highest BCUT2D eigenvalue weighted by Crippen LogP contribution is 2.38. The predicted octanol–water partition coefficient (Wildman–Crippen LogP) is 2.10. The number of anilines is 2. The molecule has 1 aromatic rings. The predicted molar refractivity (Wildman–Crippen MR) is 69.7 cm³/mol. The molecule has 0 aliphatic heterocycles. The summed E-state index contributed by atoms with van der Waals surface area (Å²) in [7, 11) is 0. The number of hydrogen-bond donors (Lipinski definition) is 3. The second-order valence-corrected chi connectivity index (χ2v) is 4.94. The first-order valence-corrected chi connectivity index (χ1v) is 6.25. The Kier molecular flexibility index (Phi) is 3.47. The van der Waals surface area contributed by atoms with Gasteiger partial charge in [-0.2, -0.15) is 0 Å². The van der Waals surface area contributed by atoms with Crippen molar-refractivity contribution in [1.29, 1.82) is 0 Å². The molecule has 0 bridgehead atoms. The van der Waals surface area contributed by atoms with Crippen molar-refractivity contribution in [2.75, 3.05) is 10.7 Å². The fourth-order valence-corrected chi connectivity index (χ4v) is 2.22. The number of nitrogens with two attached hydrogens (primary N) is 1. The van der Waals surface area contributed by atoms with E-state index in [9.17, 15) is 0 Å². The Hall–Kier alpha value is -1.36. The van der Waals surface area contributed by atoms with Crippen molar-refractivity contribution in [2.24, 2.45) is 11.8 Å². The van der Waals surface area contributed by atoms with Crippen LogP contribution in [0.3, 0.4) is 0 Å². The minimum Gasteiger partial charge on any atom is -0.367 e. The highest BCUT2D eigenvalue weighted by Gasteiger charge is 2.36. The summed E-state index contributed by atoms with van der Waals surface area (Å²) >= 11 is 0. The summed E-state index contributed by atoms with van der Waals surface area (Å²) in [4.78, 5) is 8.50. The lowest BCUT2D eigenvalue weighted by Gasteiger charge is -2.16. The molecule has 0 spiro atoms. The van der Waals surface area contributed by atoms with Gasteiger partial charge >= 0.3 is 0 Å². The third-order valence-electron chi connectivity index (χ3n) is 3.37. The van der Waals surface area contributed by atoms with Crippen molar-refractivity contribution < 1.29 is 0 Å². The minimum absolute atomic E-state index is 0.337. The van der Waals surface area contributed by atoms with Crippen molar-refractivity contribution in [2.45, 2.75) is 45.6 Å². The molecule has 5 heteroatoms. The summed E-state index contributed by atoms with van der Waals surface area (Å²) in [5.41, 5.74) is 3.71. The Morgan fingerprint density at radius 2 is 2.12 bits per heavy atom. The maximum atomic E-state index is 5.49. The summed E-state index contributed by atoms with van der Waals surface area (Å²) in [6.07, 6.45) is 4.01. The van der Waals surface area contributed by atoms with Crippen LogP contribution in [0.2, 0.25) is 0 Å². The molecule has 1 saturated carbocycles. The zero-order valence-corrected chi connectivity index (χ0v) is 10.7. The average Bonchev–Trinajstić information content (AvgIpc) is 3.06. The molecule has 1 aliphatic rings. The molecular weight excluding hydrogens is 214 g/mol. The SMILES string of the molecule is CCC1CC1Nc1ncnc(NN)c1C(C)C. The third kappa shape index (κ3) is 2.49. The lowest BCUT2D eigenvalue weighted by molar-refractivity contribution is 0.769. The molecule has 1 aromatic heterocycles. The van der Waals surface area contributed by atoms with Gasteiger partial charge in [0.15, 0.2) is 0 Å². The molecule has 2 unspecified atom stereocenters. The Labute approximate surface area is 102 Å². The van der Waals surface area contributed by atoms with E-state index in [0.29, 0.717) is 17.8 Å². The van der Waals surface area contributed by atoms with Gasteiger partial charge in [0.1, 0.15) is 18.0 Å². The molecule has 1 fully saturated rings. The number of nitrogens with one attached hydrogen (secondary N) is 2. The number of hydrazine groups is 1. The molecule has 1 aliphatic carbocycles. The van der Waals surface area contributed by atoms with Crippen LogP contribution in [0.5, 0.6) is 0 Å². The first-order chi connectivity index (χ1) is 8.17. The van der Waals surface area contributed by atoms with Gasteiger partial charge in [-0.1, -0.05) is 27.2 Å². The van der Waals surface area contributed by atoms with Gasteiger partial charge < -0.3 is 10.7 Å². The molecule has 0 saturated heterocycles. The van der Waals surface area contributed by atoms with E-state index in [4.69, 9.17) is 5.84 Å². The van der Waals surface area contributed by atoms with E-state index in [-0.39, 0.29) is 0 Å². The Balaban J connectivity index is 2.21. The number of rotatable bonds is 5. The van der Waals surface area contributed by atoms with E-state index in [1.807, 2.05) is 0 Å². The fourth-order valence-electron chi connectivity index (χ4n) is 2.22. The van der Waals surface area contributed by atoms with E-state index >= 15 is 0 Å². The molecule has 1 heterocycles. The molecular formula is C12H21N5. The lowest BCUT2D eigenvalue weighted by atomic mass is 10.0. The van der Waals surface area contributed by atoms with Gasteiger partial charge in [0.25, 0.3) is 0 Å². The summed E-state index contributed by atoms with van der Waals surface area (Å²) in [6.45, 7) is 6.46. The van der Waals surface area contributed by atoms with Crippen LogP contribution in [0.15, 0.2) is 6.33 Å². The van der Waals surface area contributed by atoms with E-state index in [0.717, 1.165) is 17.3 Å². The fraction of sp³-hybridized carbons (Fsp3) is 0.667. The van der Waals surface area contributed by atoms with Gasteiger partial charge in [0, 0.05) is 11.6 Å². The quantitative estimate of drug-likeness (QED) is 0.538. The highest BCUT2D eigenvalue weighted by molar-refractivity contribution is 5.59. The van der Waals surface area contributed by atoms with Crippen molar-refractivity contribution in [3.8, 4) is 0 Å². The molecule has 2 atom stereocenters. The van der Waals surface area contributed by atoms with Crippen molar-refractivity contribution in [3.05, 3.63) is 11.9 Å². The van der Waals surface area contributed by atoms with Crippen LogP contribution in [0.1, 0.15) is 45.1 Å². The molecule has 2 rings (SSSR count). The minimum atomic E-state index is 0.337. The van der Waals surface area contributed by atoms with Crippen LogP contribution in [0.25, 0.3) is 0 Å². The molecule has 5 nitrogen and oxygen atoms in total. The Bertz CT molecular complexity index is 390. The normalized spacial score (nSPS) is 22.6. The van der Waals surface area contributed by atoms with Gasteiger partial charge in [0.05, 0.1) is 0 Å². The molecule has 0 aromatic carbocycles. The number of aromatic nitrogens is 2. The van der Waals surface area contributed by atoms with Crippen molar-refractivity contribution in [1.82, 2.24) is 9.97 Å². The largest absolute Gasteiger partial charge is 0.367 e. The second-order valence-electron chi connectivity index (χ2n) is 4.94. The number of nitrogens with zero attached hydrogens (tertiary/aromatic N) is 2. The first-order valence-electron chi connectivity index (χ1n) is 6.25. The van der Waals surface area contributed by atoms with Crippen LogP contribution >= 0.6 is 0 Å². The van der Waals surface area contributed by atoms with Gasteiger partial charge in [-0.05, 0) is 18.3 Å². The first kappa shape index (κ1) is 12.1. The van der Waals surface area contributed by atoms with Crippen LogP contribution in [-0.2, 0) is 0 Å². The van der Waals surface area contributed by atoms with E-state index in [2.05, 4.69) is 41.5 Å². The maximum absolute atomic E-state index is 5.49.